The van der Waals surface area contributed by atoms with Gasteiger partial charge in [0, 0.05) is 25.0 Å². The molecule has 0 radical (unpaired) electrons. The van der Waals surface area contributed by atoms with Gasteiger partial charge in [-0.15, -0.1) is 0 Å². The summed E-state index contributed by atoms with van der Waals surface area (Å²) < 4.78 is 0. The largest absolute Gasteiger partial charge is 0.388 e. The number of nitriles is 1. The molecule has 118 valence electrons. The summed E-state index contributed by atoms with van der Waals surface area (Å²) in [6, 6.07) is 9.40. The van der Waals surface area contributed by atoms with Crippen LogP contribution in [0, 0.1) is 18.3 Å². The molecule has 0 fully saturated rings. The van der Waals surface area contributed by atoms with Gasteiger partial charge in [0.2, 0.25) is 0 Å². The van der Waals surface area contributed by atoms with Gasteiger partial charge in [-0.1, -0.05) is 26.0 Å². The standard InChI is InChI=1S/C17H24N4O/c1-4-21(5-2)10-9-19-13-15(12-18)17(22)20-16-8-6-7-14(3)11-16/h6-8,11,13,19H,4-5,9-10H2,1-3H3,(H,20,22)/b15-13-. The SMILES string of the molecule is CCN(CC)CCN/C=C(/C#N)C(=O)Nc1cccc(C)c1. The predicted molar refractivity (Wildman–Crippen MR) is 89.3 cm³/mol. The third kappa shape index (κ3) is 5.98. The van der Waals surface area contributed by atoms with Gasteiger partial charge in [-0.05, 0) is 37.7 Å². The van der Waals surface area contributed by atoms with Gasteiger partial charge in [0.25, 0.3) is 5.91 Å². The van der Waals surface area contributed by atoms with Crippen molar-refractivity contribution in [2.75, 3.05) is 31.5 Å². The third-order valence-corrected chi connectivity index (χ3v) is 3.35. The third-order valence-electron chi connectivity index (χ3n) is 3.35. The predicted octanol–water partition coefficient (Wildman–Crippen LogP) is 2.27. The second kappa shape index (κ2) is 9.59. The molecule has 0 saturated heterocycles. The Morgan fingerprint density at radius 2 is 2.09 bits per heavy atom. The average Bonchev–Trinajstić information content (AvgIpc) is 2.51. The van der Waals surface area contributed by atoms with Gasteiger partial charge < -0.3 is 15.5 Å². The number of hydrogen-bond donors (Lipinski definition) is 2. The van der Waals surface area contributed by atoms with Gasteiger partial charge in [0.15, 0.2) is 0 Å². The van der Waals surface area contributed by atoms with Crippen LogP contribution in [0.2, 0.25) is 0 Å². The van der Waals surface area contributed by atoms with E-state index in [-0.39, 0.29) is 5.57 Å². The Morgan fingerprint density at radius 3 is 2.68 bits per heavy atom. The van der Waals surface area contributed by atoms with Crippen molar-refractivity contribution in [3.05, 3.63) is 41.6 Å². The van der Waals surface area contributed by atoms with Gasteiger partial charge in [-0.3, -0.25) is 4.79 Å². The molecule has 22 heavy (non-hydrogen) atoms. The quantitative estimate of drug-likeness (QED) is 0.439. The zero-order chi connectivity index (χ0) is 16.4. The second-order valence-corrected chi connectivity index (χ2v) is 4.97. The van der Waals surface area contributed by atoms with Crippen molar-refractivity contribution in [2.24, 2.45) is 0 Å². The van der Waals surface area contributed by atoms with Crippen molar-refractivity contribution < 1.29 is 4.79 Å². The number of carbonyl (C=O) groups excluding carboxylic acids is 1. The first-order valence-corrected chi connectivity index (χ1v) is 7.54. The number of anilines is 1. The van der Waals surface area contributed by atoms with Crippen LogP contribution in [-0.2, 0) is 4.79 Å². The molecule has 0 aliphatic heterocycles. The molecule has 5 nitrogen and oxygen atoms in total. The number of benzene rings is 1. The van der Waals surface area contributed by atoms with Crippen LogP contribution in [0.5, 0.6) is 0 Å². The van der Waals surface area contributed by atoms with Crippen LogP contribution in [0.15, 0.2) is 36.0 Å². The maximum Gasteiger partial charge on any atom is 0.267 e. The first-order chi connectivity index (χ1) is 10.6. The van der Waals surface area contributed by atoms with Crippen molar-refractivity contribution in [2.45, 2.75) is 20.8 Å². The molecule has 0 aromatic heterocycles. The molecule has 1 rings (SSSR count). The Balaban J connectivity index is 2.54. The minimum Gasteiger partial charge on any atom is -0.388 e. The van der Waals surface area contributed by atoms with Crippen LogP contribution in [0.1, 0.15) is 19.4 Å². The van der Waals surface area contributed by atoms with E-state index in [0.29, 0.717) is 12.2 Å². The maximum atomic E-state index is 12.0. The first-order valence-electron chi connectivity index (χ1n) is 7.54. The van der Waals surface area contributed by atoms with E-state index in [1.807, 2.05) is 31.2 Å². The zero-order valence-corrected chi connectivity index (χ0v) is 13.5. The smallest absolute Gasteiger partial charge is 0.267 e. The van der Waals surface area contributed by atoms with Gasteiger partial charge in [-0.25, -0.2) is 0 Å². The molecule has 2 N–H and O–H groups in total. The van der Waals surface area contributed by atoms with Crippen LogP contribution in [0.3, 0.4) is 0 Å². The molecule has 0 spiro atoms. The second-order valence-electron chi connectivity index (χ2n) is 4.97. The van der Waals surface area contributed by atoms with Crippen LogP contribution in [-0.4, -0.2) is 37.0 Å². The van der Waals surface area contributed by atoms with Gasteiger partial charge in [0.05, 0.1) is 0 Å². The Labute approximate surface area is 132 Å². The molecule has 1 amide bonds. The average molecular weight is 300 g/mol. The fourth-order valence-corrected chi connectivity index (χ4v) is 2.01. The molecule has 0 atom stereocenters. The van der Waals surface area contributed by atoms with Crippen LogP contribution >= 0.6 is 0 Å². The summed E-state index contributed by atoms with van der Waals surface area (Å²) in [6.07, 6.45) is 1.48. The molecular formula is C17H24N4O. The number of hydrogen-bond acceptors (Lipinski definition) is 4. The lowest BCUT2D eigenvalue weighted by Crippen LogP contribution is -2.30. The van der Waals surface area contributed by atoms with Crippen molar-refractivity contribution in [3.8, 4) is 6.07 Å². The number of likely N-dealkylation sites (N-methyl/N-ethyl adjacent to an activating group) is 1. The normalized spacial score (nSPS) is 11.1. The summed E-state index contributed by atoms with van der Waals surface area (Å²) in [5.41, 5.74) is 1.81. The number of rotatable bonds is 8. The number of amides is 1. The van der Waals surface area contributed by atoms with Crippen molar-refractivity contribution >= 4 is 11.6 Å². The monoisotopic (exact) mass is 300 g/mol. The van der Waals surface area contributed by atoms with Crippen molar-refractivity contribution in [1.82, 2.24) is 10.2 Å². The first kappa shape index (κ1) is 17.7. The summed E-state index contributed by atoms with van der Waals surface area (Å²) in [5, 5.41) is 14.9. The number of nitrogens with zero attached hydrogens (tertiary/aromatic N) is 2. The molecule has 0 aliphatic carbocycles. The molecule has 0 heterocycles. The Bertz CT molecular complexity index is 556. The van der Waals surface area contributed by atoms with Crippen LogP contribution < -0.4 is 10.6 Å². The number of aryl methyl sites for hydroxylation is 1. The van der Waals surface area contributed by atoms with Crippen LogP contribution in [0.4, 0.5) is 5.69 Å². The fraction of sp³-hybridized carbons (Fsp3) is 0.412. The number of carbonyl (C=O) groups is 1. The Hall–Kier alpha value is -2.32. The molecular weight excluding hydrogens is 276 g/mol. The minimum atomic E-state index is -0.400. The lowest BCUT2D eigenvalue weighted by atomic mass is 10.2. The zero-order valence-electron chi connectivity index (χ0n) is 13.5. The highest BCUT2D eigenvalue weighted by Crippen LogP contribution is 2.10. The maximum absolute atomic E-state index is 12.0. The topological polar surface area (TPSA) is 68.2 Å². The van der Waals surface area contributed by atoms with Gasteiger partial charge in [0.1, 0.15) is 11.6 Å². The lowest BCUT2D eigenvalue weighted by Gasteiger charge is -2.17. The molecule has 0 unspecified atom stereocenters. The van der Waals surface area contributed by atoms with Crippen molar-refractivity contribution in [3.63, 3.8) is 0 Å². The summed E-state index contributed by atoms with van der Waals surface area (Å²) in [6.45, 7) is 9.71. The summed E-state index contributed by atoms with van der Waals surface area (Å²) in [5.74, 6) is -0.400. The molecule has 0 aliphatic rings. The van der Waals surface area contributed by atoms with E-state index >= 15 is 0 Å². The highest BCUT2D eigenvalue weighted by atomic mass is 16.1. The van der Waals surface area contributed by atoms with E-state index in [1.165, 1.54) is 6.20 Å². The van der Waals surface area contributed by atoms with E-state index in [9.17, 15) is 4.79 Å². The highest BCUT2D eigenvalue weighted by Gasteiger charge is 2.09. The lowest BCUT2D eigenvalue weighted by molar-refractivity contribution is -0.112. The highest BCUT2D eigenvalue weighted by molar-refractivity contribution is 6.06. The van der Waals surface area contributed by atoms with E-state index in [1.54, 1.807) is 6.07 Å². The van der Waals surface area contributed by atoms with Gasteiger partial charge in [-0.2, -0.15) is 5.26 Å². The molecule has 0 bridgehead atoms. The molecule has 1 aromatic carbocycles. The number of nitrogens with one attached hydrogen (secondary N) is 2. The Morgan fingerprint density at radius 1 is 1.36 bits per heavy atom. The minimum absolute atomic E-state index is 0.0704. The Kier molecular flexibility index (Phi) is 7.73. The van der Waals surface area contributed by atoms with E-state index in [2.05, 4.69) is 29.4 Å². The van der Waals surface area contributed by atoms with E-state index in [4.69, 9.17) is 5.26 Å². The molecule has 0 saturated carbocycles. The van der Waals surface area contributed by atoms with Crippen LogP contribution in [0.25, 0.3) is 0 Å². The fourth-order valence-electron chi connectivity index (χ4n) is 2.01. The van der Waals surface area contributed by atoms with Crippen molar-refractivity contribution in [1.29, 1.82) is 5.26 Å². The van der Waals surface area contributed by atoms with E-state index in [0.717, 1.165) is 25.2 Å². The molecule has 1 aromatic rings. The summed E-state index contributed by atoms with van der Waals surface area (Å²) in [7, 11) is 0. The van der Waals surface area contributed by atoms with Gasteiger partial charge >= 0.3 is 0 Å². The summed E-state index contributed by atoms with van der Waals surface area (Å²) in [4.78, 5) is 14.3. The summed E-state index contributed by atoms with van der Waals surface area (Å²) >= 11 is 0. The van der Waals surface area contributed by atoms with E-state index < -0.39 is 5.91 Å². The molecule has 5 heteroatoms.